The molecule has 0 unspecified atom stereocenters. The highest BCUT2D eigenvalue weighted by molar-refractivity contribution is 6.42. The maximum atomic E-state index is 6.15. The largest absolute Gasteiger partial charge is 0.0827 e. The van der Waals surface area contributed by atoms with Crippen LogP contribution < -0.4 is 0 Å². The molecule has 2 aromatic rings. The molecule has 2 heteroatoms. The van der Waals surface area contributed by atoms with Crippen molar-refractivity contribution in [2.75, 3.05) is 0 Å². The summed E-state index contributed by atoms with van der Waals surface area (Å²) >= 11 is 12.2. The molecule has 0 nitrogen and oxygen atoms in total. The maximum Gasteiger partial charge on any atom is 0.0595 e. The Morgan fingerprint density at radius 2 is 1.63 bits per heavy atom. The zero-order valence-electron chi connectivity index (χ0n) is 11.3. The van der Waals surface area contributed by atoms with Crippen LogP contribution in [0.5, 0.6) is 0 Å². The fourth-order valence-corrected chi connectivity index (χ4v) is 2.65. The molecule has 0 spiro atoms. The van der Waals surface area contributed by atoms with Gasteiger partial charge in [0.15, 0.2) is 0 Å². The Morgan fingerprint density at radius 1 is 0.947 bits per heavy atom. The smallest absolute Gasteiger partial charge is 0.0595 e. The van der Waals surface area contributed by atoms with Crippen LogP contribution in [0.15, 0.2) is 48.5 Å². The van der Waals surface area contributed by atoms with Crippen LogP contribution in [-0.2, 0) is 11.8 Å². The number of hydrogen-bond donors (Lipinski definition) is 0. The van der Waals surface area contributed by atoms with E-state index in [0.29, 0.717) is 10.0 Å². The van der Waals surface area contributed by atoms with Gasteiger partial charge in [-0.1, -0.05) is 73.4 Å². The molecule has 0 N–H and O–H groups in total. The molecular formula is C17H18Cl2. The zero-order valence-corrected chi connectivity index (χ0v) is 12.8. The second kappa shape index (κ2) is 5.98. The van der Waals surface area contributed by atoms with Crippen molar-refractivity contribution in [1.29, 1.82) is 0 Å². The van der Waals surface area contributed by atoms with Gasteiger partial charge in [0.2, 0.25) is 0 Å². The molecule has 0 radical (unpaired) electrons. The fourth-order valence-electron chi connectivity index (χ4n) is 2.35. The Kier molecular flexibility index (Phi) is 4.54. The van der Waals surface area contributed by atoms with E-state index < -0.39 is 0 Å². The molecule has 0 aromatic heterocycles. The summed E-state index contributed by atoms with van der Waals surface area (Å²) < 4.78 is 0. The summed E-state index contributed by atoms with van der Waals surface area (Å²) in [6, 6.07) is 16.5. The van der Waals surface area contributed by atoms with E-state index in [1.54, 1.807) is 0 Å². The quantitative estimate of drug-likeness (QED) is 0.658. The normalized spacial score (nSPS) is 14.1. The van der Waals surface area contributed by atoms with Crippen LogP contribution in [0.4, 0.5) is 0 Å². The molecule has 2 rings (SSSR count). The van der Waals surface area contributed by atoms with Crippen molar-refractivity contribution < 1.29 is 0 Å². The van der Waals surface area contributed by atoms with Crippen LogP contribution in [0.1, 0.15) is 31.4 Å². The molecule has 0 aliphatic carbocycles. The second-order valence-corrected chi connectivity index (χ2v) is 6.02. The lowest BCUT2D eigenvalue weighted by Gasteiger charge is -2.29. The minimum Gasteiger partial charge on any atom is -0.0827 e. The Bertz CT molecular complexity index is 548. The third-order valence-corrected chi connectivity index (χ3v) is 4.57. The summed E-state index contributed by atoms with van der Waals surface area (Å²) in [7, 11) is 0. The summed E-state index contributed by atoms with van der Waals surface area (Å²) in [5.74, 6) is 0. The molecule has 100 valence electrons. The molecule has 0 amide bonds. The summed E-state index contributed by atoms with van der Waals surface area (Å²) in [4.78, 5) is 0. The van der Waals surface area contributed by atoms with Crippen LogP contribution in [0.3, 0.4) is 0 Å². The molecular weight excluding hydrogens is 275 g/mol. The predicted octanol–water partition coefficient (Wildman–Crippen LogP) is 5.90. The highest BCUT2D eigenvalue weighted by Crippen LogP contribution is 2.35. The van der Waals surface area contributed by atoms with Gasteiger partial charge in [-0.3, -0.25) is 0 Å². The van der Waals surface area contributed by atoms with Gasteiger partial charge in [-0.25, -0.2) is 0 Å². The van der Waals surface area contributed by atoms with E-state index >= 15 is 0 Å². The van der Waals surface area contributed by atoms with Gasteiger partial charge in [0.05, 0.1) is 10.0 Å². The van der Waals surface area contributed by atoms with Crippen LogP contribution in [0.25, 0.3) is 0 Å². The first-order valence-corrected chi connectivity index (χ1v) is 7.30. The Hall–Kier alpha value is -0.980. The lowest BCUT2D eigenvalue weighted by molar-refractivity contribution is 0.452. The molecule has 2 aromatic carbocycles. The lowest BCUT2D eigenvalue weighted by atomic mass is 9.75. The molecule has 0 heterocycles. The molecule has 0 saturated heterocycles. The van der Waals surface area contributed by atoms with Gasteiger partial charge >= 0.3 is 0 Å². The SMILES string of the molecule is CC[C@](C)(Cc1ccccc1)c1ccc(Cl)c(Cl)c1. The predicted molar refractivity (Wildman–Crippen MR) is 84.3 cm³/mol. The summed E-state index contributed by atoms with van der Waals surface area (Å²) in [5, 5.41) is 1.25. The minimum absolute atomic E-state index is 0.0790. The van der Waals surface area contributed by atoms with Crippen molar-refractivity contribution in [1.82, 2.24) is 0 Å². The highest BCUT2D eigenvalue weighted by Gasteiger charge is 2.25. The van der Waals surface area contributed by atoms with Crippen LogP contribution in [0, 0.1) is 0 Å². The van der Waals surface area contributed by atoms with Crippen LogP contribution >= 0.6 is 23.2 Å². The third kappa shape index (κ3) is 3.32. The van der Waals surface area contributed by atoms with Crippen molar-refractivity contribution in [3.05, 3.63) is 69.7 Å². The summed E-state index contributed by atoms with van der Waals surface area (Å²) in [6.07, 6.45) is 2.06. The van der Waals surface area contributed by atoms with Crippen molar-refractivity contribution >= 4 is 23.2 Å². The van der Waals surface area contributed by atoms with Crippen molar-refractivity contribution in [2.24, 2.45) is 0 Å². The van der Waals surface area contributed by atoms with E-state index in [1.807, 2.05) is 18.2 Å². The minimum atomic E-state index is 0.0790. The van der Waals surface area contributed by atoms with E-state index in [0.717, 1.165) is 12.8 Å². The van der Waals surface area contributed by atoms with Gasteiger partial charge in [0, 0.05) is 0 Å². The second-order valence-electron chi connectivity index (χ2n) is 5.21. The average molecular weight is 293 g/mol. The first-order chi connectivity index (χ1) is 9.05. The highest BCUT2D eigenvalue weighted by atomic mass is 35.5. The van der Waals surface area contributed by atoms with E-state index in [1.165, 1.54) is 11.1 Å². The van der Waals surface area contributed by atoms with Gasteiger partial charge < -0.3 is 0 Å². The molecule has 0 aliphatic heterocycles. The molecule has 0 saturated carbocycles. The summed E-state index contributed by atoms with van der Waals surface area (Å²) in [5.41, 5.74) is 2.67. The van der Waals surface area contributed by atoms with Crippen LogP contribution in [-0.4, -0.2) is 0 Å². The van der Waals surface area contributed by atoms with Crippen LogP contribution in [0.2, 0.25) is 10.0 Å². The lowest BCUT2D eigenvalue weighted by Crippen LogP contribution is -2.24. The van der Waals surface area contributed by atoms with Crippen molar-refractivity contribution in [3.8, 4) is 0 Å². The monoisotopic (exact) mass is 292 g/mol. The standard InChI is InChI=1S/C17H18Cl2/c1-3-17(2,12-13-7-5-4-6-8-13)14-9-10-15(18)16(19)11-14/h4-11H,3,12H2,1-2H3/t17-/m1/s1. The summed E-state index contributed by atoms with van der Waals surface area (Å²) in [6.45, 7) is 4.49. The average Bonchev–Trinajstić information content (AvgIpc) is 2.43. The van der Waals surface area contributed by atoms with Crippen molar-refractivity contribution in [3.63, 3.8) is 0 Å². The first-order valence-electron chi connectivity index (χ1n) is 6.54. The molecule has 0 fully saturated rings. The van der Waals surface area contributed by atoms with E-state index in [-0.39, 0.29) is 5.41 Å². The third-order valence-electron chi connectivity index (χ3n) is 3.83. The van der Waals surface area contributed by atoms with E-state index in [2.05, 4.69) is 44.2 Å². The Morgan fingerprint density at radius 3 is 2.21 bits per heavy atom. The Labute approximate surface area is 125 Å². The van der Waals surface area contributed by atoms with E-state index in [4.69, 9.17) is 23.2 Å². The van der Waals surface area contributed by atoms with E-state index in [9.17, 15) is 0 Å². The number of rotatable bonds is 4. The van der Waals surface area contributed by atoms with Gasteiger partial charge in [-0.05, 0) is 41.5 Å². The van der Waals surface area contributed by atoms with Gasteiger partial charge in [-0.2, -0.15) is 0 Å². The van der Waals surface area contributed by atoms with Gasteiger partial charge in [-0.15, -0.1) is 0 Å². The topological polar surface area (TPSA) is 0 Å². The first kappa shape index (κ1) is 14.4. The van der Waals surface area contributed by atoms with Crippen molar-refractivity contribution in [2.45, 2.75) is 32.1 Å². The van der Waals surface area contributed by atoms with Gasteiger partial charge in [0.1, 0.15) is 0 Å². The number of hydrogen-bond acceptors (Lipinski definition) is 0. The molecule has 1 atom stereocenters. The zero-order chi connectivity index (χ0) is 13.9. The molecule has 0 bridgehead atoms. The number of halogens is 2. The maximum absolute atomic E-state index is 6.15. The number of benzene rings is 2. The molecule has 19 heavy (non-hydrogen) atoms. The Balaban J connectivity index is 2.33. The fraction of sp³-hybridized carbons (Fsp3) is 0.294. The molecule has 0 aliphatic rings. The van der Waals surface area contributed by atoms with Gasteiger partial charge in [0.25, 0.3) is 0 Å².